The predicted molar refractivity (Wildman–Crippen MR) is 99.6 cm³/mol. The Bertz CT molecular complexity index is 966. The molecule has 3 aromatic rings. The molecule has 1 unspecified atom stereocenters. The average Bonchev–Trinajstić information content (AvgIpc) is 3.29. The minimum Gasteiger partial charge on any atom is -0.407 e. The van der Waals surface area contributed by atoms with Crippen molar-refractivity contribution in [2.75, 3.05) is 16.8 Å². The lowest BCUT2D eigenvalue weighted by molar-refractivity contribution is -0.117. The summed E-state index contributed by atoms with van der Waals surface area (Å²) in [6, 6.07) is 16.7. The first-order valence-corrected chi connectivity index (χ1v) is 8.67. The number of aromatic nitrogens is 2. The molecule has 7 heteroatoms. The zero-order chi connectivity index (χ0) is 18.8. The van der Waals surface area contributed by atoms with Gasteiger partial charge < -0.3 is 9.32 Å². The third-order valence-corrected chi connectivity index (χ3v) is 4.52. The summed E-state index contributed by atoms with van der Waals surface area (Å²) >= 11 is 0. The zero-order valence-corrected chi connectivity index (χ0v) is 14.8. The molecular weight excluding hydrogens is 344 g/mol. The van der Waals surface area contributed by atoms with Crippen LogP contribution in [-0.2, 0) is 4.79 Å². The molecule has 0 bridgehead atoms. The van der Waals surface area contributed by atoms with Crippen molar-refractivity contribution in [3.8, 4) is 0 Å². The van der Waals surface area contributed by atoms with Crippen LogP contribution in [0, 0.1) is 6.92 Å². The van der Waals surface area contributed by atoms with Crippen molar-refractivity contribution in [3.63, 3.8) is 0 Å². The molecule has 1 fully saturated rings. The number of amides is 2. The van der Waals surface area contributed by atoms with E-state index in [1.54, 1.807) is 17.0 Å². The number of hydrogen-bond acceptors (Lipinski definition) is 5. The summed E-state index contributed by atoms with van der Waals surface area (Å²) in [5.74, 6) is -0.163. The van der Waals surface area contributed by atoms with E-state index in [1.165, 1.54) is 0 Å². The molecule has 27 heavy (non-hydrogen) atoms. The lowest BCUT2D eigenvalue weighted by Crippen LogP contribution is -2.24. The van der Waals surface area contributed by atoms with Gasteiger partial charge in [-0.3, -0.25) is 14.9 Å². The molecule has 0 aliphatic carbocycles. The summed E-state index contributed by atoms with van der Waals surface area (Å²) in [5.41, 5.74) is 2.42. The number of anilines is 2. The Morgan fingerprint density at radius 1 is 1.11 bits per heavy atom. The van der Waals surface area contributed by atoms with Gasteiger partial charge in [0, 0.05) is 24.2 Å². The second kappa shape index (κ2) is 7.03. The Hall–Kier alpha value is -3.48. The zero-order valence-electron chi connectivity index (χ0n) is 14.8. The maximum absolute atomic E-state index is 12.3. The van der Waals surface area contributed by atoms with Gasteiger partial charge >= 0.3 is 6.01 Å². The summed E-state index contributed by atoms with van der Waals surface area (Å²) in [7, 11) is 0. The number of carbonyl (C=O) groups excluding carboxylic acids is 2. The monoisotopic (exact) mass is 362 g/mol. The summed E-state index contributed by atoms with van der Waals surface area (Å²) in [5, 5.41) is 10.5. The molecule has 2 amide bonds. The molecule has 1 aliphatic rings. The molecule has 7 nitrogen and oxygen atoms in total. The van der Waals surface area contributed by atoms with E-state index in [-0.39, 0.29) is 23.7 Å². The highest BCUT2D eigenvalue weighted by Gasteiger charge is 2.35. The molecule has 0 spiro atoms. The summed E-state index contributed by atoms with van der Waals surface area (Å²) < 4.78 is 5.58. The number of nitrogens with zero attached hydrogens (tertiary/aromatic N) is 3. The minimum atomic E-state index is -0.321. The third kappa shape index (κ3) is 3.57. The van der Waals surface area contributed by atoms with Crippen molar-refractivity contribution in [1.82, 2.24) is 10.2 Å². The molecule has 1 atom stereocenters. The number of nitrogens with one attached hydrogen (secondary N) is 1. The molecule has 1 aliphatic heterocycles. The summed E-state index contributed by atoms with van der Waals surface area (Å²) in [6.45, 7) is 2.42. The number of para-hydroxylation sites is 1. The van der Waals surface area contributed by atoms with Gasteiger partial charge in [0.15, 0.2) is 0 Å². The third-order valence-electron chi connectivity index (χ3n) is 4.52. The van der Waals surface area contributed by atoms with Crippen molar-refractivity contribution < 1.29 is 14.0 Å². The van der Waals surface area contributed by atoms with E-state index in [1.807, 2.05) is 49.4 Å². The van der Waals surface area contributed by atoms with Crippen molar-refractivity contribution in [2.45, 2.75) is 19.3 Å². The highest BCUT2D eigenvalue weighted by molar-refractivity contribution is 6.03. The summed E-state index contributed by atoms with van der Waals surface area (Å²) in [4.78, 5) is 26.3. The fourth-order valence-electron chi connectivity index (χ4n) is 3.05. The molecule has 1 N–H and O–H groups in total. The first-order chi connectivity index (χ1) is 13.1. The lowest BCUT2D eigenvalue weighted by Gasteiger charge is -2.15. The molecule has 1 saturated heterocycles. The topological polar surface area (TPSA) is 88.3 Å². The van der Waals surface area contributed by atoms with Crippen LogP contribution < -0.4 is 10.2 Å². The molecule has 0 saturated carbocycles. The normalized spacial score (nSPS) is 16.6. The summed E-state index contributed by atoms with van der Waals surface area (Å²) in [6.07, 6.45) is 0.294. The number of rotatable bonds is 4. The molecule has 2 aromatic carbocycles. The van der Waals surface area contributed by atoms with Crippen molar-refractivity contribution in [2.24, 2.45) is 0 Å². The van der Waals surface area contributed by atoms with Gasteiger partial charge in [-0.2, -0.15) is 0 Å². The van der Waals surface area contributed by atoms with Gasteiger partial charge in [-0.05, 0) is 31.2 Å². The van der Waals surface area contributed by atoms with Crippen LogP contribution in [0.4, 0.5) is 11.7 Å². The Morgan fingerprint density at radius 3 is 2.59 bits per heavy atom. The van der Waals surface area contributed by atoms with Gasteiger partial charge in [0.2, 0.25) is 11.8 Å². The van der Waals surface area contributed by atoms with E-state index in [2.05, 4.69) is 15.5 Å². The smallest absolute Gasteiger partial charge is 0.322 e. The second-order valence-electron chi connectivity index (χ2n) is 6.51. The van der Waals surface area contributed by atoms with Crippen molar-refractivity contribution in [3.05, 3.63) is 71.6 Å². The molecule has 4 rings (SSSR count). The Labute approximate surface area is 156 Å². The fourth-order valence-corrected chi connectivity index (χ4v) is 3.05. The molecule has 1 aromatic heterocycles. The van der Waals surface area contributed by atoms with E-state index < -0.39 is 0 Å². The molecule has 0 radical (unpaired) electrons. The molecule has 2 heterocycles. The number of hydrogen-bond donors (Lipinski definition) is 1. The van der Waals surface area contributed by atoms with Gasteiger partial charge in [-0.15, -0.1) is 5.10 Å². The van der Waals surface area contributed by atoms with Crippen LogP contribution >= 0.6 is 0 Å². The fraction of sp³-hybridized carbons (Fsp3) is 0.200. The van der Waals surface area contributed by atoms with Gasteiger partial charge in [-0.25, -0.2) is 0 Å². The Kier molecular flexibility index (Phi) is 4.42. The van der Waals surface area contributed by atoms with Gasteiger partial charge in [0.05, 0.1) is 5.92 Å². The first-order valence-electron chi connectivity index (χ1n) is 8.67. The quantitative estimate of drug-likeness (QED) is 0.770. The van der Waals surface area contributed by atoms with Crippen LogP contribution in [0.1, 0.15) is 34.2 Å². The Morgan fingerprint density at radius 2 is 1.85 bits per heavy atom. The molecule has 136 valence electrons. The highest BCUT2D eigenvalue weighted by atomic mass is 16.4. The van der Waals surface area contributed by atoms with Crippen LogP contribution in [0.3, 0.4) is 0 Å². The van der Waals surface area contributed by atoms with Crippen LogP contribution in [0.5, 0.6) is 0 Å². The van der Waals surface area contributed by atoms with E-state index in [0.717, 1.165) is 11.3 Å². The van der Waals surface area contributed by atoms with E-state index in [9.17, 15) is 9.59 Å². The van der Waals surface area contributed by atoms with E-state index in [4.69, 9.17) is 4.42 Å². The van der Waals surface area contributed by atoms with Gasteiger partial charge in [0.25, 0.3) is 5.91 Å². The minimum absolute atomic E-state index is 0.00893. The highest BCUT2D eigenvalue weighted by Crippen LogP contribution is 2.31. The van der Waals surface area contributed by atoms with Crippen molar-refractivity contribution >= 4 is 23.5 Å². The SMILES string of the molecule is Cc1ccc(C(=O)Nc2nnc(C3CC(=O)N(c4ccccc4)C3)o2)cc1. The van der Waals surface area contributed by atoms with Gasteiger partial charge in [0.1, 0.15) is 0 Å². The number of carbonyl (C=O) groups is 2. The molecular formula is C20H18N4O3. The van der Waals surface area contributed by atoms with Crippen LogP contribution in [-0.4, -0.2) is 28.6 Å². The van der Waals surface area contributed by atoms with Crippen LogP contribution in [0.25, 0.3) is 0 Å². The number of benzene rings is 2. The van der Waals surface area contributed by atoms with Crippen LogP contribution in [0.15, 0.2) is 59.0 Å². The maximum Gasteiger partial charge on any atom is 0.322 e. The second-order valence-corrected chi connectivity index (χ2v) is 6.51. The maximum atomic E-state index is 12.3. The Balaban J connectivity index is 1.44. The number of aryl methyl sites for hydroxylation is 1. The van der Waals surface area contributed by atoms with E-state index >= 15 is 0 Å². The standard InChI is InChI=1S/C20H18N4O3/c1-13-7-9-14(10-8-13)18(26)21-20-23-22-19(27-20)15-11-17(25)24(12-15)16-5-3-2-4-6-16/h2-10,15H,11-12H2,1H3,(H,21,23,26). The van der Waals surface area contributed by atoms with Crippen LogP contribution in [0.2, 0.25) is 0 Å². The first kappa shape index (κ1) is 17.0. The largest absolute Gasteiger partial charge is 0.407 e. The van der Waals surface area contributed by atoms with Crippen molar-refractivity contribution in [1.29, 1.82) is 0 Å². The average molecular weight is 362 g/mol. The van der Waals surface area contributed by atoms with E-state index in [0.29, 0.717) is 24.4 Å². The lowest BCUT2D eigenvalue weighted by atomic mass is 10.1. The predicted octanol–water partition coefficient (Wildman–Crippen LogP) is 3.15. The van der Waals surface area contributed by atoms with Gasteiger partial charge in [-0.1, -0.05) is 41.0 Å².